The lowest BCUT2D eigenvalue weighted by molar-refractivity contribution is 0.0786. The molecule has 4 atom stereocenters. The fraction of sp³-hybridized carbons (Fsp3) is 1.00. The molecule has 0 saturated carbocycles. The molecule has 70 valence electrons. The molecular weight excluding hydrogens is 172 g/mol. The molecule has 2 nitrogen and oxygen atoms in total. The maximum Gasteiger partial charge on any atom is 0.0633 e. The summed E-state index contributed by atoms with van der Waals surface area (Å²) in [5, 5.41) is 9.18. The third-order valence-electron chi connectivity index (χ3n) is 3.26. The average molecular weight is 188 g/mol. The van der Waals surface area contributed by atoms with E-state index in [9.17, 15) is 5.11 Å². The molecule has 0 aromatic carbocycles. The van der Waals surface area contributed by atoms with Crippen molar-refractivity contribution in [2.45, 2.75) is 31.5 Å². The molecule has 0 spiro atoms. The Labute approximate surface area is 78.7 Å². The number of thiol groups is 1. The van der Waals surface area contributed by atoms with Gasteiger partial charge in [0.25, 0.3) is 0 Å². The maximum atomic E-state index is 9.18. The largest absolute Gasteiger partial charge is 0.396 e. The molecule has 0 aromatic heterocycles. The van der Waals surface area contributed by atoms with Gasteiger partial charge in [0.15, 0.2) is 0 Å². The molecule has 0 aliphatic carbocycles. The van der Waals surface area contributed by atoms with E-state index >= 15 is 0 Å². The standard InChI is InChI=1S/C9H16O2S/c10-5-7-6(3-4-12)8-1-2-9(7)11-8/h6-10,12H,1-5H2/t6-,7+,8-,9+/m0/s1. The van der Waals surface area contributed by atoms with Crippen molar-refractivity contribution in [2.24, 2.45) is 11.8 Å². The SMILES string of the molecule is OC[C@@H]1[C@H](CCS)[C@@H]2CC[C@H]1O2. The lowest BCUT2D eigenvalue weighted by Gasteiger charge is -2.25. The summed E-state index contributed by atoms with van der Waals surface area (Å²) < 4.78 is 5.75. The Bertz CT molecular complexity index is 163. The van der Waals surface area contributed by atoms with Crippen molar-refractivity contribution in [3.8, 4) is 0 Å². The Morgan fingerprint density at radius 1 is 1.25 bits per heavy atom. The Hall–Kier alpha value is 0.270. The van der Waals surface area contributed by atoms with Crippen LogP contribution >= 0.6 is 12.6 Å². The highest BCUT2D eigenvalue weighted by atomic mass is 32.1. The van der Waals surface area contributed by atoms with E-state index in [2.05, 4.69) is 12.6 Å². The number of aliphatic hydroxyl groups excluding tert-OH is 1. The smallest absolute Gasteiger partial charge is 0.0633 e. The Morgan fingerprint density at radius 3 is 2.50 bits per heavy atom. The van der Waals surface area contributed by atoms with Crippen molar-refractivity contribution in [2.75, 3.05) is 12.4 Å². The van der Waals surface area contributed by atoms with Gasteiger partial charge < -0.3 is 9.84 Å². The number of ether oxygens (including phenoxy) is 1. The Balaban J connectivity index is 2.01. The van der Waals surface area contributed by atoms with E-state index in [1.165, 1.54) is 6.42 Å². The van der Waals surface area contributed by atoms with Gasteiger partial charge in [0, 0.05) is 12.5 Å². The predicted octanol–water partition coefficient (Wildman–Crippen LogP) is 1.09. The van der Waals surface area contributed by atoms with Crippen LogP contribution in [0.25, 0.3) is 0 Å². The molecule has 1 N–H and O–H groups in total. The van der Waals surface area contributed by atoms with Crippen LogP contribution < -0.4 is 0 Å². The van der Waals surface area contributed by atoms with Gasteiger partial charge in [0.1, 0.15) is 0 Å². The van der Waals surface area contributed by atoms with E-state index in [1.54, 1.807) is 0 Å². The zero-order valence-electron chi connectivity index (χ0n) is 7.15. The van der Waals surface area contributed by atoms with Crippen molar-refractivity contribution in [1.82, 2.24) is 0 Å². The number of hydrogen-bond acceptors (Lipinski definition) is 3. The molecule has 2 bridgehead atoms. The monoisotopic (exact) mass is 188 g/mol. The highest BCUT2D eigenvalue weighted by Gasteiger charge is 2.47. The molecule has 2 saturated heterocycles. The van der Waals surface area contributed by atoms with E-state index < -0.39 is 0 Å². The predicted molar refractivity (Wildman–Crippen MR) is 50.4 cm³/mol. The molecule has 0 unspecified atom stereocenters. The third-order valence-corrected chi connectivity index (χ3v) is 3.52. The fourth-order valence-corrected chi connectivity index (χ4v) is 2.97. The molecule has 12 heavy (non-hydrogen) atoms. The first-order valence-electron chi connectivity index (χ1n) is 4.74. The zero-order chi connectivity index (χ0) is 8.55. The summed E-state index contributed by atoms with van der Waals surface area (Å²) in [6.45, 7) is 0.291. The van der Waals surface area contributed by atoms with Crippen LogP contribution in [0.15, 0.2) is 0 Å². The first-order valence-corrected chi connectivity index (χ1v) is 5.37. The van der Waals surface area contributed by atoms with Crippen LogP contribution in [-0.2, 0) is 4.74 Å². The second kappa shape index (κ2) is 3.56. The summed E-state index contributed by atoms with van der Waals surface area (Å²) in [6.07, 6.45) is 4.22. The van der Waals surface area contributed by atoms with Crippen molar-refractivity contribution in [1.29, 1.82) is 0 Å². The van der Waals surface area contributed by atoms with Crippen LogP contribution in [0.1, 0.15) is 19.3 Å². The summed E-state index contributed by atoms with van der Waals surface area (Å²) in [4.78, 5) is 0. The van der Waals surface area contributed by atoms with E-state index in [0.29, 0.717) is 30.7 Å². The number of rotatable bonds is 3. The van der Waals surface area contributed by atoms with Crippen LogP contribution in [0.5, 0.6) is 0 Å². The minimum Gasteiger partial charge on any atom is -0.396 e. The number of hydrogen-bond donors (Lipinski definition) is 2. The van der Waals surface area contributed by atoms with Gasteiger partial charge in [-0.25, -0.2) is 0 Å². The van der Waals surface area contributed by atoms with E-state index in [4.69, 9.17) is 4.74 Å². The summed E-state index contributed by atoms with van der Waals surface area (Å²) in [7, 11) is 0. The highest BCUT2D eigenvalue weighted by Crippen LogP contribution is 2.44. The minimum atomic E-state index is 0.291. The van der Waals surface area contributed by atoms with Gasteiger partial charge in [-0.3, -0.25) is 0 Å². The second-order valence-electron chi connectivity index (χ2n) is 3.81. The van der Waals surface area contributed by atoms with Crippen LogP contribution in [0, 0.1) is 11.8 Å². The topological polar surface area (TPSA) is 29.5 Å². The Morgan fingerprint density at radius 2 is 1.92 bits per heavy atom. The molecular formula is C9H16O2S. The molecule has 0 radical (unpaired) electrons. The molecule has 0 amide bonds. The van der Waals surface area contributed by atoms with Crippen molar-refractivity contribution in [3.05, 3.63) is 0 Å². The molecule has 2 aliphatic rings. The molecule has 2 aliphatic heterocycles. The second-order valence-corrected chi connectivity index (χ2v) is 4.26. The maximum absolute atomic E-state index is 9.18. The summed E-state index contributed by atoms with van der Waals surface area (Å²) in [5.41, 5.74) is 0. The van der Waals surface area contributed by atoms with Crippen LogP contribution in [0.3, 0.4) is 0 Å². The lowest BCUT2D eigenvalue weighted by Crippen LogP contribution is -2.30. The van der Waals surface area contributed by atoms with Crippen molar-refractivity contribution >= 4 is 12.6 Å². The minimum absolute atomic E-state index is 0.291. The summed E-state index contributed by atoms with van der Waals surface area (Å²) >= 11 is 4.23. The van der Waals surface area contributed by atoms with Crippen LogP contribution in [-0.4, -0.2) is 29.7 Å². The first-order chi connectivity index (χ1) is 5.86. The van der Waals surface area contributed by atoms with Gasteiger partial charge in [-0.1, -0.05) is 0 Å². The first kappa shape index (κ1) is 8.85. The van der Waals surface area contributed by atoms with Gasteiger partial charge >= 0.3 is 0 Å². The van der Waals surface area contributed by atoms with Gasteiger partial charge in [0.05, 0.1) is 12.2 Å². The fourth-order valence-electron chi connectivity index (χ4n) is 2.67. The van der Waals surface area contributed by atoms with Gasteiger partial charge in [-0.15, -0.1) is 0 Å². The summed E-state index contributed by atoms with van der Waals surface area (Å²) in [6, 6.07) is 0. The zero-order valence-corrected chi connectivity index (χ0v) is 8.04. The summed E-state index contributed by atoms with van der Waals surface area (Å²) in [5.74, 6) is 1.88. The van der Waals surface area contributed by atoms with Crippen molar-refractivity contribution in [3.63, 3.8) is 0 Å². The molecule has 3 heteroatoms. The van der Waals surface area contributed by atoms with Crippen molar-refractivity contribution < 1.29 is 9.84 Å². The average Bonchev–Trinajstić information content (AvgIpc) is 2.64. The number of fused-ring (bicyclic) bond motifs is 2. The van der Waals surface area contributed by atoms with E-state index in [0.717, 1.165) is 18.6 Å². The van der Waals surface area contributed by atoms with Crippen LogP contribution in [0.4, 0.5) is 0 Å². The molecule has 2 rings (SSSR count). The highest BCUT2D eigenvalue weighted by molar-refractivity contribution is 7.80. The third kappa shape index (κ3) is 1.28. The molecule has 0 aromatic rings. The quantitative estimate of drug-likeness (QED) is 0.649. The Kier molecular flexibility index (Phi) is 2.63. The molecule has 2 fully saturated rings. The van der Waals surface area contributed by atoms with Gasteiger partial charge in [-0.05, 0) is 30.9 Å². The van der Waals surface area contributed by atoms with E-state index in [1.807, 2.05) is 0 Å². The van der Waals surface area contributed by atoms with Gasteiger partial charge in [-0.2, -0.15) is 12.6 Å². The lowest BCUT2D eigenvalue weighted by atomic mass is 9.78. The van der Waals surface area contributed by atoms with Gasteiger partial charge in [0.2, 0.25) is 0 Å². The number of aliphatic hydroxyl groups is 1. The normalized spacial score (nSPS) is 45.5. The molecule has 2 heterocycles. The van der Waals surface area contributed by atoms with Crippen LogP contribution in [0.2, 0.25) is 0 Å². The van der Waals surface area contributed by atoms with E-state index in [-0.39, 0.29) is 0 Å².